The van der Waals surface area contributed by atoms with Gasteiger partial charge in [0.05, 0.1) is 0 Å². The normalized spacial score (nSPS) is 9.51. The molecule has 0 saturated carbocycles. The van der Waals surface area contributed by atoms with Crippen molar-refractivity contribution in [1.82, 2.24) is 0 Å². The molecule has 0 aliphatic heterocycles. The van der Waals surface area contributed by atoms with Gasteiger partial charge in [-0.2, -0.15) is 24.3 Å². The van der Waals surface area contributed by atoms with Gasteiger partial charge >= 0.3 is 26.2 Å². The molecule has 37 heavy (non-hydrogen) atoms. The van der Waals surface area contributed by atoms with E-state index in [1.165, 1.54) is 58.6 Å². The molecule has 0 aliphatic rings. The quantitative estimate of drug-likeness (QED) is 0.199. The van der Waals surface area contributed by atoms with Crippen molar-refractivity contribution in [1.29, 1.82) is 0 Å². The molecular weight excluding hydrogens is 574 g/mol. The summed E-state index contributed by atoms with van der Waals surface area (Å²) in [6.07, 6.45) is 4.83. The molecule has 0 N–H and O–H groups in total. The fraction of sp³-hybridized carbons (Fsp3) is 0.375. The number of hydrogen-bond acceptors (Lipinski definition) is 2. The van der Waals surface area contributed by atoms with Gasteiger partial charge in [-0.1, -0.05) is 39.8 Å². The number of halogens is 2. The maximum absolute atomic E-state index is 3.00. The van der Waals surface area contributed by atoms with Crippen LogP contribution in [0.3, 0.4) is 0 Å². The molecule has 4 aromatic rings. The first-order chi connectivity index (χ1) is 16.7. The summed E-state index contributed by atoms with van der Waals surface area (Å²) < 4.78 is 0. The Kier molecular flexibility index (Phi) is 21.8. The fourth-order valence-corrected chi connectivity index (χ4v) is 4.44. The van der Waals surface area contributed by atoms with Crippen LogP contribution >= 0.6 is 0 Å². The molecule has 5 heteroatoms. The van der Waals surface area contributed by atoms with Crippen LogP contribution in [0.15, 0.2) is 86.0 Å². The number of nitrogens with zero attached hydrogens (tertiary/aromatic N) is 2. The van der Waals surface area contributed by atoms with Crippen molar-refractivity contribution < 1.29 is 51.0 Å². The van der Waals surface area contributed by atoms with E-state index in [1.54, 1.807) is 0 Å². The second-order valence-corrected chi connectivity index (χ2v) is 8.65. The van der Waals surface area contributed by atoms with Crippen molar-refractivity contribution in [2.24, 2.45) is 0 Å². The van der Waals surface area contributed by atoms with E-state index in [4.69, 9.17) is 0 Å². The monoisotopic (exact) mass is 616 g/mol. The number of hydrogen-bond donors (Lipinski definition) is 0. The Bertz CT molecular complexity index is 990. The third kappa shape index (κ3) is 11.4. The van der Waals surface area contributed by atoms with Gasteiger partial charge in [0.1, 0.15) is 0 Å². The number of benzene rings is 2. The Balaban J connectivity index is 0. The summed E-state index contributed by atoms with van der Waals surface area (Å²) in [6, 6.07) is 26.5. The largest absolute Gasteiger partial charge is 4.00 e. The van der Waals surface area contributed by atoms with E-state index in [1.807, 2.05) is 0 Å². The van der Waals surface area contributed by atoms with E-state index < -0.39 is 0 Å². The second-order valence-electron chi connectivity index (χ2n) is 8.65. The molecule has 0 atom stereocenters. The van der Waals surface area contributed by atoms with Crippen LogP contribution in [0.25, 0.3) is 21.5 Å². The molecule has 0 spiro atoms. The molecule has 2 nitrogen and oxygen atoms in total. The number of rotatable bonds is 10. The van der Waals surface area contributed by atoms with Crippen LogP contribution in [0.5, 0.6) is 0 Å². The molecule has 0 radical (unpaired) electrons. The first kappa shape index (κ1) is 37.6. The summed E-state index contributed by atoms with van der Waals surface area (Å²) >= 11 is 0. The summed E-state index contributed by atoms with van der Waals surface area (Å²) in [5.74, 6) is 0. The van der Waals surface area contributed by atoms with Crippen LogP contribution in [-0.4, -0.2) is 26.2 Å². The standard InChI is InChI=1S/2C15H20N.C2H4.2ClH.Zr/c2*1-3-10-16(11-4-2)15-9-8-13-6-5-7-14(13)12-15;1-2;;;/h2*5-9,12H,3-4,10-11H2,1-2H3;1-2H2;2*1H;/q2*-1;;;;+4/p-2. The van der Waals surface area contributed by atoms with Crippen LogP contribution in [-0.2, 0) is 26.2 Å². The predicted molar refractivity (Wildman–Crippen MR) is 156 cm³/mol. The molecule has 0 fully saturated rings. The van der Waals surface area contributed by atoms with Crippen molar-refractivity contribution in [2.75, 3.05) is 36.0 Å². The minimum absolute atomic E-state index is 0. The minimum atomic E-state index is 0. The Hall–Kier alpha value is -1.54. The summed E-state index contributed by atoms with van der Waals surface area (Å²) in [7, 11) is 0. The van der Waals surface area contributed by atoms with Crippen molar-refractivity contribution in [3.8, 4) is 0 Å². The zero-order valence-corrected chi connectivity index (χ0v) is 27.1. The molecular formula is C32H44Cl2N2Zr. The van der Waals surface area contributed by atoms with Gasteiger partial charge in [-0.25, -0.2) is 0 Å². The summed E-state index contributed by atoms with van der Waals surface area (Å²) in [4.78, 5) is 4.96. The molecule has 0 saturated heterocycles. The molecule has 4 rings (SSSR count). The smallest absolute Gasteiger partial charge is 1.00 e. The zero-order valence-electron chi connectivity index (χ0n) is 23.1. The van der Waals surface area contributed by atoms with Gasteiger partial charge in [-0.3, -0.25) is 0 Å². The summed E-state index contributed by atoms with van der Waals surface area (Å²) in [5.41, 5.74) is 2.73. The van der Waals surface area contributed by atoms with E-state index >= 15 is 0 Å². The summed E-state index contributed by atoms with van der Waals surface area (Å²) in [6.45, 7) is 19.6. The number of fused-ring (bicyclic) bond motifs is 2. The average molecular weight is 619 g/mol. The molecule has 0 amide bonds. The topological polar surface area (TPSA) is 6.48 Å². The van der Waals surface area contributed by atoms with E-state index in [0.717, 1.165) is 26.2 Å². The fourth-order valence-electron chi connectivity index (χ4n) is 4.44. The van der Waals surface area contributed by atoms with E-state index in [2.05, 4.69) is 123 Å². The van der Waals surface area contributed by atoms with Gasteiger partial charge in [-0.05, 0) is 37.1 Å². The molecule has 0 aromatic heterocycles. The van der Waals surface area contributed by atoms with Crippen molar-refractivity contribution in [2.45, 2.75) is 53.4 Å². The first-order valence-electron chi connectivity index (χ1n) is 13.0. The molecule has 4 aromatic carbocycles. The van der Waals surface area contributed by atoms with Crippen molar-refractivity contribution >= 4 is 32.9 Å². The van der Waals surface area contributed by atoms with Gasteiger partial charge in [0.15, 0.2) is 0 Å². The van der Waals surface area contributed by atoms with Crippen LogP contribution in [0, 0.1) is 0 Å². The zero-order chi connectivity index (χ0) is 24.8. The average Bonchev–Trinajstić information content (AvgIpc) is 3.54. The Morgan fingerprint density at radius 1 is 0.568 bits per heavy atom. The SMILES string of the molecule is C=C.CCCN(CCC)c1ccc2cc[cH-]c2c1.CCCN(CCC)c1ccc2cc[cH-]c2c1.[Cl-].[Cl-].[Zr+4]. The van der Waals surface area contributed by atoms with Gasteiger partial charge in [0, 0.05) is 26.2 Å². The van der Waals surface area contributed by atoms with Crippen molar-refractivity contribution in [3.63, 3.8) is 0 Å². The molecule has 0 bridgehead atoms. The third-order valence-electron chi connectivity index (χ3n) is 5.95. The van der Waals surface area contributed by atoms with Gasteiger partial charge in [0.25, 0.3) is 0 Å². The van der Waals surface area contributed by atoms with Crippen LogP contribution in [0.1, 0.15) is 53.4 Å². The van der Waals surface area contributed by atoms with Crippen molar-refractivity contribution in [3.05, 3.63) is 86.0 Å². The summed E-state index contributed by atoms with van der Waals surface area (Å²) in [5, 5.41) is 5.40. The van der Waals surface area contributed by atoms with Gasteiger partial charge in [-0.15, -0.1) is 71.1 Å². The Morgan fingerprint density at radius 2 is 0.892 bits per heavy atom. The Labute approximate surface area is 257 Å². The second kappa shape index (κ2) is 21.4. The van der Waals surface area contributed by atoms with E-state index in [-0.39, 0.29) is 51.0 Å². The van der Waals surface area contributed by atoms with Crippen LogP contribution in [0.2, 0.25) is 0 Å². The molecule has 0 heterocycles. The minimum Gasteiger partial charge on any atom is -1.00 e. The number of anilines is 2. The maximum atomic E-state index is 3.00. The third-order valence-corrected chi connectivity index (χ3v) is 5.95. The van der Waals surface area contributed by atoms with Crippen LogP contribution in [0.4, 0.5) is 11.4 Å². The first-order valence-corrected chi connectivity index (χ1v) is 13.0. The van der Waals surface area contributed by atoms with E-state index in [0.29, 0.717) is 0 Å². The molecule has 0 aliphatic carbocycles. The maximum Gasteiger partial charge on any atom is 4.00 e. The predicted octanol–water partition coefficient (Wildman–Crippen LogP) is 3.18. The van der Waals surface area contributed by atoms with Crippen LogP contribution < -0.4 is 34.6 Å². The van der Waals surface area contributed by atoms with E-state index in [9.17, 15) is 0 Å². The van der Waals surface area contributed by atoms with Gasteiger partial charge in [0.2, 0.25) is 0 Å². The Morgan fingerprint density at radius 3 is 1.19 bits per heavy atom. The molecule has 0 unspecified atom stereocenters. The van der Waals surface area contributed by atoms with Gasteiger partial charge < -0.3 is 34.6 Å². The molecule has 200 valence electrons.